The minimum absolute atomic E-state index is 0.000350. The fraction of sp³-hybridized carbons (Fsp3) is 0.429. The van der Waals surface area contributed by atoms with Crippen molar-refractivity contribution in [3.8, 4) is 0 Å². The molecule has 0 bridgehead atoms. The molecule has 2 amide bonds. The number of hydrogen-bond acceptors (Lipinski definition) is 2. The summed E-state index contributed by atoms with van der Waals surface area (Å²) < 4.78 is 0. The smallest absolute Gasteiger partial charge is 0.227 e. The second-order valence-electron chi connectivity index (χ2n) is 5.17. The number of benzene rings is 1. The van der Waals surface area contributed by atoms with Gasteiger partial charge in [0.1, 0.15) is 0 Å². The fourth-order valence-corrected chi connectivity index (χ4v) is 2.51. The fourth-order valence-electron chi connectivity index (χ4n) is 2.32. The van der Waals surface area contributed by atoms with Crippen LogP contribution in [0.25, 0.3) is 0 Å². The molecule has 1 aromatic carbocycles. The molecule has 3 rings (SSSR count). The van der Waals surface area contributed by atoms with Crippen molar-refractivity contribution in [3.63, 3.8) is 0 Å². The largest absolute Gasteiger partial charge is 0.353 e. The van der Waals surface area contributed by atoms with Gasteiger partial charge in [0.05, 0.1) is 5.92 Å². The summed E-state index contributed by atoms with van der Waals surface area (Å²) in [6.07, 6.45) is 2.40. The summed E-state index contributed by atoms with van der Waals surface area (Å²) in [5.41, 5.74) is 0.763. The lowest BCUT2D eigenvalue weighted by Crippen LogP contribution is -2.34. The Morgan fingerprint density at radius 2 is 2.16 bits per heavy atom. The first kappa shape index (κ1) is 12.5. The summed E-state index contributed by atoms with van der Waals surface area (Å²) in [5, 5.41) is 3.55. The standard InChI is InChI=1S/C14H15ClN2O2/c15-10-2-1-3-12(7-10)17-8-9(6-13(17)18)14(19)16-11-4-5-11/h1-3,7,9,11H,4-6,8H2,(H,16,19)/t9-/m0/s1. The van der Waals surface area contributed by atoms with Crippen LogP contribution in [-0.2, 0) is 9.59 Å². The Morgan fingerprint density at radius 3 is 2.84 bits per heavy atom. The van der Waals surface area contributed by atoms with E-state index in [-0.39, 0.29) is 24.2 Å². The van der Waals surface area contributed by atoms with Crippen LogP contribution in [0.2, 0.25) is 5.02 Å². The molecule has 1 saturated carbocycles. The molecule has 4 nitrogen and oxygen atoms in total. The minimum atomic E-state index is -0.243. The van der Waals surface area contributed by atoms with Crippen LogP contribution < -0.4 is 10.2 Å². The van der Waals surface area contributed by atoms with E-state index in [1.165, 1.54) is 0 Å². The Hall–Kier alpha value is -1.55. The van der Waals surface area contributed by atoms with E-state index in [0.29, 0.717) is 17.6 Å². The number of carbonyl (C=O) groups is 2. The van der Waals surface area contributed by atoms with Gasteiger partial charge in [-0.25, -0.2) is 0 Å². The number of anilines is 1. The van der Waals surface area contributed by atoms with Gasteiger partial charge >= 0.3 is 0 Å². The van der Waals surface area contributed by atoms with E-state index < -0.39 is 0 Å². The molecular weight excluding hydrogens is 264 g/mol. The average molecular weight is 279 g/mol. The number of nitrogens with one attached hydrogen (secondary N) is 1. The molecule has 1 aromatic rings. The van der Waals surface area contributed by atoms with Gasteiger partial charge in [-0.15, -0.1) is 0 Å². The van der Waals surface area contributed by atoms with Gasteiger partial charge in [-0.2, -0.15) is 0 Å². The summed E-state index contributed by atoms with van der Waals surface area (Å²) in [4.78, 5) is 25.6. The van der Waals surface area contributed by atoms with Crippen LogP contribution >= 0.6 is 11.6 Å². The average Bonchev–Trinajstić information content (AvgIpc) is 3.09. The third kappa shape index (κ3) is 2.73. The molecule has 0 aromatic heterocycles. The van der Waals surface area contributed by atoms with Crippen LogP contribution in [0.15, 0.2) is 24.3 Å². The van der Waals surface area contributed by atoms with Crippen molar-refractivity contribution in [2.24, 2.45) is 5.92 Å². The topological polar surface area (TPSA) is 49.4 Å². The summed E-state index contributed by atoms with van der Waals surface area (Å²) in [5.74, 6) is -0.259. The maximum Gasteiger partial charge on any atom is 0.227 e. The molecule has 1 aliphatic carbocycles. The molecule has 1 atom stereocenters. The van der Waals surface area contributed by atoms with Crippen molar-refractivity contribution >= 4 is 29.1 Å². The zero-order valence-corrected chi connectivity index (χ0v) is 11.2. The van der Waals surface area contributed by atoms with Gasteiger partial charge in [0.15, 0.2) is 0 Å². The van der Waals surface area contributed by atoms with Crippen LogP contribution in [0.1, 0.15) is 19.3 Å². The summed E-state index contributed by atoms with van der Waals surface area (Å²) >= 11 is 5.93. The number of amides is 2. The molecule has 5 heteroatoms. The van der Waals surface area contributed by atoms with Gasteiger partial charge in [0.2, 0.25) is 11.8 Å². The number of halogens is 1. The Kier molecular flexibility index (Phi) is 3.19. The van der Waals surface area contributed by atoms with Gasteiger partial charge in [-0.1, -0.05) is 17.7 Å². The SMILES string of the molecule is O=C(NC1CC1)[C@H]1CC(=O)N(c2cccc(Cl)c2)C1. The van der Waals surface area contributed by atoms with Gasteiger partial charge in [-0.05, 0) is 31.0 Å². The van der Waals surface area contributed by atoms with Gasteiger partial charge in [0, 0.05) is 29.7 Å². The molecule has 1 aliphatic heterocycles. The van der Waals surface area contributed by atoms with Gasteiger partial charge in [-0.3, -0.25) is 9.59 Å². The maximum absolute atomic E-state index is 12.0. The molecule has 0 spiro atoms. The third-order valence-electron chi connectivity index (χ3n) is 3.54. The highest BCUT2D eigenvalue weighted by atomic mass is 35.5. The molecule has 0 radical (unpaired) electrons. The first-order valence-electron chi connectivity index (χ1n) is 6.50. The van der Waals surface area contributed by atoms with Crippen LogP contribution in [0.3, 0.4) is 0 Å². The Labute approximate surface area is 116 Å². The molecule has 1 heterocycles. The first-order valence-corrected chi connectivity index (χ1v) is 6.87. The van der Waals surface area contributed by atoms with E-state index in [9.17, 15) is 9.59 Å². The van der Waals surface area contributed by atoms with Crippen LogP contribution in [0, 0.1) is 5.92 Å². The lowest BCUT2D eigenvalue weighted by atomic mass is 10.1. The van der Waals surface area contributed by atoms with Crippen LogP contribution in [-0.4, -0.2) is 24.4 Å². The third-order valence-corrected chi connectivity index (χ3v) is 3.77. The van der Waals surface area contributed by atoms with E-state index in [4.69, 9.17) is 11.6 Å². The monoisotopic (exact) mass is 278 g/mol. The zero-order valence-electron chi connectivity index (χ0n) is 10.4. The second-order valence-corrected chi connectivity index (χ2v) is 5.60. The van der Waals surface area contributed by atoms with E-state index >= 15 is 0 Å². The highest BCUT2D eigenvalue weighted by Gasteiger charge is 2.37. The lowest BCUT2D eigenvalue weighted by Gasteiger charge is -2.16. The molecular formula is C14H15ClN2O2. The van der Waals surface area contributed by atoms with Crippen LogP contribution in [0.4, 0.5) is 5.69 Å². The second kappa shape index (κ2) is 4.85. The summed E-state index contributed by atoms with van der Waals surface area (Å²) in [7, 11) is 0. The number of nitrogens with zero attached hydrogens (tertiary/aromatic N) is 1. The molecule has 2 aliphatic rings. The predicted octanol–water partition coefficient (Wildman–Crippen LogP) is 1.97. The van der Waals surface area contributed by atoms with Crippen LogP contribution in [0.5, 0.6) is 0 Å². The molecule has 1 N–H and O–H groups in total. The van der Waals surface area contributed by atoms with E-state index in [0.717, 1.165) is 18.5 Å². The summed E-state index contributed by atoms with van der Waals surface area (Å²) in [6.45, 7) is 0.442. The highest BCUT2D eigenvalue weighted by molar-refractivity contribution is 6.30. The van der Waals surface area contributed by atoms with Crippen molar-refractivity contribution in [3.05, 3.63) is 29.3 Å². The normalized spacial score (nSPS) is 22.7. The molecule has 19 heavy (non-hydrogen) atoms. The molecule has 0 unspecified atom stereocenters. The predicted molar refractivity (Wildman–Crippen MR) is 73.1 cm³/mol. The molecule has 100 valence electrons. The minimum Gasteiger partial charge on any atom is -0.353 e. The molecule has 2 fully saturated rings. The summed E-state index contributed by atoms with van der Waals surface area (Å²) in [6, 6.07) is 7.50. The van der Waals surface area contributed by atoms with E-state index in [1.807, 2.05) is 12.1 Å². The lowest BCUT2D eigenvalue weighted by molar-refractivity contribution is -0.126. The van der Waals surface area contributed by atoms with Crippen molar-refractivity contribution in [1.82, 2.24) is 5.32 Å². The van der Waals surface area contributed by atoms with Crippen molar-refractivity contribution in [2.45, 2.75) is 25.3 Å². The Morgan fingerprint density at radius 1 is 1.37 bits per heavy atom. The van der Waals surface area contributed by atoms with Crippen molar-refractivity contribution in [1.29, 1.82) is 0 Å². The van der Waals surface area contributed by atoms with Crippen molar-refractivity contribution < 1.29 is 9.59 Å². The quantitative estimate of drug-likeness (QED) is 0.919. The first-order chi connectivity index (χ1) is 9.13. The zero-order chi connectivity index (χ0) is 13.4. The highest BCUT2D eigenvalue weighted by Crippen LogP contribution is 2.28. The Bertz CT molecular complexity index is 528. The Balaban J connectivity index is 1.70. The number of carbonyl (C=O) groups excluding carboxylic acids is 2. The maximum atomic E-state index is 12.0. The van der Waals surface area contributed by atoms with Gasteiger partial charge < -0.3 is 10.2 Å². The van der Waals surface area contributed by atoms with E-state index in [1.54, 1.807) is 17.0 Å². The number of hydrogen-bond donors (Lipinski definition) is 1. The van der Waals surface area contributed by atoms with Gasteiger partial charge in [0.25, 0.3) is 0 Å². The van der Waals surface area contributed by atoms with Crippen molar-refractivity contribution in [2.75, 3.05) is 11.4 Å². The number of rotatable bonds is 3. The van der Waals surface area contributed by atoms with E-state index in [2.05, 4.69) is 5.32 Å². The molecule has 1 saturated heterocycles.